The molecule has 3 aromatic rings. The van der Waals surface area contributed by atoms with Crippen LogP contribution >= 0.6 is 0 Å². The Kier molecular flexibility index (Phi) is 5.66. The van der Waals surface area contributed by atoms with Gasteiger partial charge in [0, 0.05) is 5.69 Å². The second-order valence-corrected chi connectivity index (χ2v) is 5.89. The van der Waals surface area contributed by atoms with E-state index in [0.29, 0.717) is 0 Å². The summed E-state index contributed by atoms with van der Waals surface area (Å²) in [5, 5.41) is 5.27. The quantitative estimate of drug-likeness (QED) is 0.692. The van der Waals surface area contributed by atoms with E-state index in [2.05, 4.69) is 10.6 Å². The average Bonchev–Trinajstić information content (AvgIpc) is 3.17. The Hall–Kier alpha value is -3.41. The summed E-state index contributed by atoms with van der Waals surface area (Å²) in [5.41, 5.74) is 2.00. The van der Waals surface area contributed by atoms with Crippen LogP contribution in [0.4, 0.5) is 10.1 Å². The van der Waals surface area contributed by atoms with Gasteiger partial charge in [-0.3, -0.25) is 9.59 Å². The molecule has 5 nitrogen and oxygen atoms in total. The smallest absolute Gasteiger partial charge is 0.287 e. The summed E-state index contributed by atoms with van der Waals surface area (Å²) in [6, 6.07) is 16.6. The van der Waals surface area contributed by atoms with Crippen molar-refractivity contribution < 1.29 is 18.4 Å². The number of nitrogens with one attached hydrogen (secondary N) is 2. The van der Waals surface area contributed by atoms with Gasteiger partial charge in [-0.05, 0) is 42.3 Å². The van der Waals surface area contributed by atoms with Gasteiger partial charge < -0.3 is 15.1 Å². The third kappa shape index (κ3) is 4.41. The van der Waals surface area contributed by atoms with E-state index < -0.39 is 11.7 Å². The van der Waals surface area contributed by atoms with Gasteiger partial charge in [-0.2, -0.15) is 0 Å². The van der Waals surface area contributed by atoms with Gasteiger partial charge in [0.25, 0.3) is 5.91 Å². The minimum absolute atomic E-state index is 0.00927. The first-order valence-corrected chi connectivity index (χ1v) is 8.59. The second kappa shape index (κ2) is 8.31. The Morgan fingerprint density at radius 2 is 1.74 bits per heavy atom. The molecule has 1 heterocycles. The average molecular weight is 366 g/mol. The number of benzene rings is 2. The van der Waals surface area contributed by atoms with Crippen LogP contribution in [0.25, 0.3) is 11.3 Å². The largest absolute Gasteiger partial charge is 0.451 e. The minimum Gasteiger partial charge on any atom is -0.451 e. The molecule has 0 spiro atoms. The first-order chi connectivity index (χ1) is 13.1. The number of halogens is 1. The fraction of sp³-hybridized carbons (Fsp3) is 0.143. The molecular weight excluding hydrogens is 347 g/mol. The monoisotopic (exact) mass is 366 g/mol. The minimum atomic E-state index is -0.545. The zero-order valence-corrected chi connectivity index (χ0v) is 14.8. The van der Waals surface area contributed by atoms with Crippen LogP contribution in [0.1, 0.15) is 23.0 Å². The van der Waals surface area contributed by atoms with Gasteiger partial charge in [0.1, 0.15) is 11.6 Å². The molecule has 0 aliphatic rings. The molecule has 3 rings (SSSR count). The Morgan fingerprint density at radius 3 is 2.52 bits per heavy atom. The van der Waals surface area contributed by atoms with Crippen molar-refractivity contribution in [1.82, 2.24) is 5.32 Å². The lowest BCUT2D eigenvalue weighted by atomic mass is 10.1. The standard InChI is InChI=1S/C21H19FN2O3/c1-2-14-7-3-6-10-17(14)24-20(25)13-23-21(26)19-12-11-18(27-19)15-8-4-5-9-16(15)22/h3-12H,2,13H2,1H3,(H,23,26)(H,24,25). The summed E-state index contributed by atoms with van der Waals surface area (Å²) in [6.07, 6.45) is 0.786. The fourth-order valence-corrected chi connectivity index (χ4v) is 2.66. The molecule has 0 atom stereocenters. The molecule has 138 valence electrons. The zero-order valence-electron chi connectivity index (χ0n) is 14.8. The maximum atomic E-state index is 13.8. The first-order valence-electron chi connectivity index (χ1n) is 8.59. The van der Waals surface area contributed by atoms with Gasteiger partial charge in [-0.25, -0.2) is 4.39 Å². The van der Waals surface area contributed by atoms with Crippen LogP contribution in [0.5, 0.6) is 0 Å². The van der Waals surface area contributed by atoms with E-state index in [4.69, 9.17) is 4.42 Å². The van der Waals surface area contributed by atoms with Crippen LogP contribution in [0.15, 0.2) is 65.1 Å². The highest BCUT2D eigenvalue weighted by Crippen LogP contribution is 2.24. The summed E-state index contributed by atoms with van der Waals surface area (Å²) in [7, 11) is 0. The van der Waals surface area contributed by atoms with E-state index in [1.54, 1.807) is 18.2 Å². The Morgan fingerprint density at radius 1 is 1.00 bits per heavy atom. The Labute approximate surface area is 156 Å². The molecular formula is C21H19FN2O3. The molecule has 2 N–H and O–H groups in total. The number of furan rings is 1. The maximum Gasteiger partial charge on any atom is 0.287 e. The Balaban J connectivity index is 1.60. The number of carbonyl (C=O) groups is 2. The van der Waals surface area contributed by atoms with E-state index in [1.165, 1.54) is 18.2 Å². The van der Waals surface area contributed by atoms with Crippen LogP contribution in [0.3, 0.4) is 0 Å². The van der Waals surface area contributed by atoms with Crippen molar-refractivity contribution in [3.8, 4) is 11.3 Å². The highest BCUT2D eigenvalue weighted by atomic mass is 19.1. The topological polar surface area (TPSA) is 71.3 Å². The van der Waals surface area contributed by atoms with Crippen molar-refractivity contribution in [2.24, 2.45) is 0 Å². The van der Waals surface area contributed by atoms with Crippen LogP contribution in [-0.2, 0) is 11.2 Å². The number of carbonyl (C=O) groups excluding carboxylic acids is 2. The zero-order chi connectivity index (χ0) is 19.2. The van der Waals surface area contributed by atoms with Crippen molar-refractivity contribution in [3.05, 3.63) is 77.8 Å². The molecule has 27 heavy (non-hydrogen) atoms. The highest BCUT2D eigenvalue weighted by molar-refractivity contribution is 5.98. The van der Waals surface area contributed by atoms with Gasteiger partial charge in [0.05, 0.1) is 12.1 Å². The molecule has 0 radical (unpaired) electrons. The van der Waals surface area contributed by atoms with Crippen molar-refractivity contribution in [1.29, 1.82) is 0 Å². The molecule has 0 fully saturated rings. The Bertz CT molecular complexity index is 965. The summed E-state index contributed by atoms with van der Waals surface area (Å²) >= 11 is 0. The van der Waals surface area contributed by atoms with Gasteiger partial charge >= 0.3 is 0 Å². The molecule has 0 saturated heterocycles. The molecule has 0 saturated carbocycles. The van der Waals surface area contributed by atoms with E-state index in [0.717, 1.165) is 17.7 Å². The summed E-state index contributed by atoms with van der Waals surface area (Å²) in [4.78, 5) is 24.3. The lowest BCUT2D eigenvalue weighted by molar-refractivity contribution is -0.115. The third-order valence-corrected chi connectivity index (χ3v) is 4.05. The van der Waals surface area contributed by atoms with E-state index >= 15 is 0 Å². The normalized spacial score (nSPS) is 10.4. The summed E-state index contributed by atoms with van der Waals surface area (Å²) < 4.78 is 19.2. The summed E-state index contributed by atoms with van der Waals surface area (Å²) in [5.74, 6) is -1.07. The van der Waals surface area contributed by atoms with E-state index in [9.17, 15) is 14.0 Å². The molecule has 2 aromatic carbocycles. The molecule has 2 amide bonds. The highest BCUT2D eigenvalue weighted by Gasteiger charge is 2.15. The fourth-order valence-electron chi connectivity index (χ4n) is 2.66. The first kappa shape index (κ1) is 18.4. The SMILES string of the molecule is CCc1ccccc1NC(=O)CNC(=O)c1ccc(-c2ccccc2F)o1. The molecule has 6 heteroatoms. The van der Waals surface area contributed by atoms with Gasteiger partial charge in [0.15, 0.2) is 5.76 Å². The summed E-state index contributed by atoms with van der Waals surface area (Å²) in [6.45, 7) is 1.80. The number of para-hydroxylation sites is 1. The van der Waals surface area contributed by atoms with Crippen LogP contribution in [-0.4, -0.2) is 18.4 Å². The van der Waals surface area contributed by atoms with Crippen LogP contribution in [0, 0.1) is 5.82 Å². The molecule has 0 aliphatic heterocycles. The number of hydrogen-bond acceptors (Lipinski definition) is 3. The molecule has 0 unspecified atom stereocenters. The lowest BCUT2D eigenvalue weighted by Gasteiger charge is -2.10. The number of hydrogen-bond donors (Lipinski definition) is 2. The van der Waals surface area contributed by atoms with Gasteiger partial charge in [0.2, 0.25) is 5.91 Å². The number of amides is 2. The van der Waals surface area contributed by atoms with Crippen LogP contribution in [0.2, 0.25) is 0 Å². The van der Waals surface area contributed by atoms with Crippen molar-refractivity contribution in [2.75, 3.05) is 11.9 Å². The molecule has 0 aliphatic carbocycles. The maximum absolute atomic E-state index is 13.8. The molecule has 0 bridgehead atoms. The lowest BCUT2D eigenvalue weighted by Crippen LogP contribution is -2.32. The number of aryl methyl sites for hydroxylation is 1. The predicted octanol–water partition coefficient (Wildman–Crippen LogP) is 4.02. The van der Waals surface area contributed by atoms with Crippen molar-refractivity contribution >= 4 is 17.5 Å². The van der Waals surface area contributed by atoms with Crippen molar-refractivity contribution in [3.63, 3.8) is 0 Å². The predicted molar refractivity (Wildman–Crippen MR) is 101 cm³/mol. The number of rotatable bonds is 6. The third-order valence-electron chi connectivity index (χ3n) is 4.05. The van der Waals surface area contributed by atoms with Crippen LogP contribution < -0.4 is 10.6 Å². The second-order valence-electron chi connectivity index (χ2n) is 5.89. The van der Waals surface area contributed by atoms with Gasteiger partial charge in [-0.1, -0.05) is 37.3 Å². The van der Waals surface area contributed by atoms with E-state index in [-0.39, 0.29) is 29.5 Å². The molecule has 1 aromatic heterocycles. The number of anilines is 1. The van der Waals surface area contributed by atoms with Crippen molar-refractivity contribution in [2.45, 2.75) is 13.3 Å². The van der Waals surface area contributed by atoms with Gasteiger partial charge in [-0.15, -0.1) is 0 Å². The van der Waals surface area contributed by atoms with E-state index in [1.807, 2.05) is 31.2 Å².